The fourth-order valence-electron chi connectivity index (χ4n) is 2.34. The van der Waals surface area contributed by atoms with Crippen LogP contribution in [0.2, 0.25) is 0 Å². The molecule has 0 saturated carbocycles. The van der Waals surface area contributed by atoms with Crippen LogP contribution in [0.3, 0.4) is 0 Å². The van der Waals surface area contributed by atoms with Crippen LogP contribution in [0, 0.1) is 11.3 Å². The highest BCUT2D eigenvalue weighted by molar-refractivity contribution is 6.01. The van der Waals surface area contributed by atoms with Crippen molar-refractivity contribution in [2.75, 3.05) is 20.8 Å². The van der Waals surface area contributed by atoms with Crippen molar-refractivity contribution in [3.8, 4) is 23.3 Å². The molecule has 0 bridgehead atoms. The zero-order valence-electron chi connectivity index (χ0n) is 16.1. The summed E-state index contributed by atoms with van der Waals surface area (Å²) in [6, 6.07) is 13.1. The first-order valence-electron chi connectivity index (χ1n) is 8.57. The van der Waals surface area contributed by atoms with E-state index in [9.17, 15) is 14.9 Å². The van der Waals surface area contributed by atoms with Crippen LogP contribution in [0.25, 0.3) is 6.08 Å². The van der Waals surface area contributed by atoms with Crippen molar-refractivity contribution in [3.63, 3.8) is 0 Å². The largest absolute Gasteiger partial charge is 0.497 e. The van der Waals surface area contributed by atoms with Crippen molar-refractivity contribution >= 4 is 18.0 Å². The molecule has 7 heteroatoms. The van der Waals surface area contributed by atoms with Crippen molar-refractivity contribution in [2.24, 2.45) is 0 Å². The SMILES string of the molecule is C=CCNC(=O)C(C#N)=Cc1ccc(OC(=O)c2cccc(OC)c2)c(OC)c1. The minimum Gasteiger partial charge on any atom is -0.497 e. The van der Waals surface area contributed by atoms with Gasteiger partial charge in [-0.2, -0.15) is 5.26 Å². The van der Waals surface area contributed by atoms with E-state index in [2.05, 4.69) is 11.9 Å². The molecule has 7 nitrogen and oxygen atoms in total. The average molecular weight is 392 g/mol. The fourth-order valence-corrected chi connectivity index (χ4v) is 2.34. The molecular formula is C22H20N2O5. The number of carbonyl (C=O) groups is 2. The molecule has 0 aliphatic carbocycles. The van der Waals surface area contributed by atoms with E-state index in [1.807, 2.05) is 6.07 Å². The predicted octanol–water partition coefficient (Wildman–Crippen LogP) is 3.13. The van der Waals surface area contributed by atoms with Crippen LogP contribution >= 0.6 is 0 Å². The summed E-state index contributed by atoms with van der Waals surface area (Å²) in [6.07, 6.45) is 2.93. The minimum absolute atomic E-state index is 0.0740. The van der Waals surface area contributed by atoms with Gasteiger partial charge in [-0.1, -0.05) is 18.2 Å². The molecule has 148 valence electrons. The Morgan fingerprint density at radius 3 is 2.59 bits per heavy atom. The third-order valence-corrected chi connectivity index (χ3v) is 3.78. The van der Waals surface area contributed by atoms with Crippen LogP contribution in [0.4, 0.5) is 0 Å². The smallest absolute Gasteiger partial charge is 0.343 e. The molecule has 0 heterocycles. The lowest BCUT2D eigenvalue weighted by Crippen LogP contribution is -2.24. The monoisotopic (exact) mass is 392 g/mol. The van der Waals surface area contributed by atoms with Gasteiger partial charge in [0.15, 0.2) is 11.5 Å². The molecule has 29 heavy (non-hydrogen) atoms. The van der Waals surface area contributed by atoms with E-state index in [1.165, 1.54) is 32.4 Å². The van der Waals surface area contributed by atoms with Crippen LogP contribution in [0.15, 0.2) is 60.7 Å². The van der Waals surface area contributed by atoms with Gasteiger partial charge in [0.05, 0.1) is 19.8 Å². The summed E-state index contributed by atoms with van der Waals surface area (Å²) in [5.74, 6) is -0.0801. The first-order chi connectivity index (χ1) is 14.0. The molecule has 0 aliphatic heterocycles. The van der Waals surface area contributed by atoms with Gasteiger partial charge < -0.3 is 19.5 Å². The molecule has 0 atom stereocenters. The lowest BCUT2D eigenvalue weighted by Gasteiger charge is -2.11. The van der Waals surface area contributed by atoms with Gasteiger partial charge in [-0.25, -0.2) is 4.79 Å². The van der Waals surface area contributed by atoms with Crippen molar-refractivity contribution < 1.29 is 23.8 Å². The van der Waals surface area contributed by atoms with E-state index in [0.717, 1.165) is 0 Å². The van der Waals surface area contributed by atoms with Crippen molar-refractivity contribution in [2.45, 2.75) is 0 Å². The van der Waals surface area contributed by atoms with Crippen molar-refractivity contribution in [3.05, 3.63) is 71.8 Å². The number of esters is 1. The number of carbonyl (C=O) groups excluding carboxylic acids is 2. The number of methoxy groups -OCH3 is 2. The highest BCUT2D eigenvalue weighted by Crippen LogP contribution is 2.30. The molecule has 1 amide bonds. The Bertz CT molecular complexity index is 989. The second kappa shape index (κ2) is 10.3. The maximum Gasteiger partial charge on any atom is 0.343 e. The third-order valence-electron chi connectivity index (χ3n) is 3.78. The summed E-state index contributed by atoms with van der Waals surface area (Å²) in [5.41, 5.74) is 0.782. The molecule has 0 spiro atoms. The van der Waals surface area contributed by atoms with E-state index in [4.69, 9.17) is 14.2 Å². The van der Waals surface area contributed by atoms with Crippen LogP contribution in [-0.2, 0) is 4.79 Å². The van der Waals surface area contributed by atoms with Gasteiger partial charge in [0.25, 0.3) is 5.91 Å². The fraction of sp³-hybridized carbons (Fsp3) is 0.136. The molecule has 1 N–H and O–H groups in total. The van der Waals surface area contributed by atoms with Crippen LogP contribution in [0.5, 0.6) is 17.2 Å². The lowest BCUT2D eigenvalue weighted by atomic mass is 10.1. The van der Waals surface area contributed by atoms with E-state index >= 15 is 0 Å². The van der Waals surface area contributed by atoms with E-state index in [0.29, 0.717) is 16.9 Å². The standard InChI is InChI=1S/C22H20N2O5/c1-4-10-24-21(25)17(14-23)11-15-8-9-19(20(12-15)28-3)29-22(26)16-6-5-7-18(13-16)27-2/h4-9,11-13H,1,10H2,2-3H3,(H,24,25). The molecule has 0 aliphatic rings. The van der Waals surface area contributed by atoms with Crippen LogP contribution in [-0.4, -0.2) is 32.6 Å². The Labute approximate surface area is 168 Å². The van der Waals surface area contributed by atoms with Gasteiger partial charge in [0.1, 0.15) is 17.4 Å². The highest BCUT2D eigenvalue weighted by atomic mass is 16.6. The lowest BCUT2D eigenvalue weighted by molar-refractivity contribution is -0.116. The van der Waals surface area contributed by atoms with Crippen molar-refractivity contribution in [1.82, 2.24) is 5.32 Å². The summed E-state index contributed by atoms with van der Waals surface area (Å²) in [5, 5.41) is 11.7. The van der Waals surface area contributed by atoms with Crippen LogP contribution < -0.4 is 19.5 Å². The molecule has 0 unspecified atom stereocenters. The minimum atomic E-state index is -0.577. The maximum atomic E-state index is 12.4. The molecule has 2 aromatic carbocycles. The summed E-state index contributed by atoms with van der Waals surface area (Å²) in [6.45, 7) is 3.76. The Morgan fingerprint density at radius 2 is 1.93 bits per heavy atom. The first kappa shape index (κ1) is 21.3. The topological polar surface area (TPSA) is 97.7 Å². The number of rotatable bonds is 8. The molecule has 0 radical (unpaired) electrons. The normalized spacial score (nSPS) is 10.4. The molecule has 2 rings (SSSR count). The Morgan fingerprint density at radius 1 is 1.14 bits per heavy atom. The maximum absolute atomic E-state index is 12.4. The van der Waals surface area contributed by atoms with Gasteiger partial charge in [-0.15, -0.1) is 6.58 Å². The Hall–Kier alpha value is -4.05. The predicted molar refractivity (Wildman–Crippen MR) is 108 cm³/mol. The highest BCUT2D eigenvalue weighted by Gasteiger charge is 2.14. The number of benzene rings is 2. The molecular weight excluding hydrogens is 372 g/mol. The zero-order chi connectivity index (χ0) is 21.2. The van der Waals surface area contributed by atoms with E-state index in [1.54, 1.807) is 36.4 Å². The van der Waals surface area contributed by atoms with Crippen LogP contribution in [0.1, 0.15) is 15.9 Å². The van der Waals surface area contributed by atoms with Gasteiger partial charge in [-0.05, 0) is 42.0 Å². The first-order valence-corrected chi connectivity index (χ1v) is 8.57. The number of amides is 1. The summed E-state index contributed by atoms with van der Waals surface area (Å²) < 4.78 is 15.8. The van der Waals surface area contributed by atoms with Gasteiger partial charge >= 0.3 is 5.97 Å². The summed E-state index contributed by atoms with van der Waals surface area (Å²) in [4.78, 5) is 24.4. The number of nitrogens with zero attached hydrogens (tertiary/aromatic N) is 1. The number of hydrogen-bond donors (Lipinski definition) is 1. The Balaban J connectivity index is 2.24. The average Bonchev–Trinajstić information content (AvgIpc) is 2.76. The third kappa shape index (κ3) is 5.71. The van der Waals surface area contributed by atoms with Gasteiger partial charge in [-0.3, -0.25) is 4.79 Å². The van der Waals surface area contributed by atoms with E-state index in [-0.39, 0.29) is 23.6 Å². The molecule has 2 aromatic rings. The Kier molecular flexibility index (Phi) is 7.57. The second-order valence-electron chi connectivity index (χ2n) is 5.70. The number of nitrogens with one attached hydrogen (secondary N) is 1. The number of ether oxygens (including phenoxy) is 3. The number of hydrogen-bond acceptors (Lipinski definition) is 6. The van der Waals surface area contributed by atoms with Crippen molar-refractivity contribution in [1.29, 1.82) is 5.26 Å². The zero-order valence-corrected chi connectivity index (χ0v) is 16.1. The number of nitriles is 1. The quantitative estimate of drug-likeness (QED) is 0.244. The summed E-state index contributed by atoms with van der Waals surface area (Å²) in [7, 11) is 2.93. The van der Waals surface area contributed by atoms with E-state index < -0.39 is 11.9 Å². The summed E-state index contributed by atoms with van der Waals surface area (Å²) >= 11 is 0. The molecule has 0 aromatic heterocycles. The second-order valence-corrected chi connectivity index (χ2v) is 5.70. The van der Waals surface area contributed by atoms with Gasteiger partial charge in [0, 0.05) is 6.54 Å². The molecule has 0 fully saturated rings. The molecule has 0 saturated heterocycles. The van der Waals surface area contributed by atoms with Gasteiger partial charge in [0.2, 0.25) is 0 Å².